The molecule has 2 rings (SSSR count). The topological polar surface area (TPSA) is 12.0 Å². The summed E-state index contributed by atoms with van der Waals surface area (Å²) >= 11 is 11.6. The molecule has 2 aromatic rings. The molecule has 0 spiro atoms. The summed E-state index contributed by atoms with van der Waals surface area (Å²) in [5.41, 5.74) is 2.32. The van der Waals surface area contributed by atoms with Crippen molar-refractivity contribution in [2.45, 2.75) is 19.9 Å². The lowest BCUT2D eigenvalue weighted by molar-refractivity contribution is 0.640. The van der Waals surface area contributed by atoms with Crippen molar-refractivity contribution in [3.05, 3.63) is 55.1 Å². The molecule has 18 heavy (non-hydrogen) atoms. The summed E-state index contributed by atoms with van der Waals surface area (Å²) in [6.45, 7) is 5.07. The average molecular weight is 345 g/mol. The lowest BCUT2D eigenvalue weighted by Crippen LogP contribution is -2.21. The normalized spacial score (nSPS) is 12.7. The van der Waals surface area contributed by atoms with Crippen LogP contribution in [0.2, 0.25) is 5.02 Å². The lowest BCUT2D eigenvalue weighted by atomic mass is 10.0. The molecule has 0 fully saturated rings. The van der Waals surface area contributed by atoms with Crippen LogP contribution in [-0.2, 0) is 0 Å². The molecule has 1 heterocycles. The van der Waals surface area contributed by atoms with E-state index in [0.29, 0.717) is 0 Å². The highest BCUT2D eigenvalue weighted by Gasteiger charge is 2.17. The van der Waals surface area contributed by atoms with Crippen LogP contribution < -0.4 is 5.32 Å². The van der Waals surface area contributed by atoms with Crippen molar-refractivity contribution in [2.75, 3.05) is 6.54 Å². The number of thiophene rings is 1. The third-order valence-corrected chi connectivity index (χ3v) is 4.77. The Morgan fingerprint density at radius 3 is 2.67 bits per heavy atom. The molecule has 0 aliphatic rings. The Bertz CT molecular complexity index is 538. The SMILES string of the molecule is CCNC(c1ccc(Br)s1)c1ccc(C)cc1Cl. The van der Waals surface area contributed by atoms with Crippen LogP contribution >= 0.6 is 38.9 Å². The second-order valence-corrected chi connectivity index (χ2v) is 7.06. The molecule has 1 N–H and O–H groups in total. The van der Waals surface area contributed by atoms with Gasteiger partial charge in [0.05, 0.1) is 9.83 Å². The molecular formula is C14H15BrClNS. The van der Waals surface area contributed by atoms with E-state index in [1.807, 2.05) is 6.07 Å². The maximum Gasteiger partial charge on any atom is 0.0702 e. The quantitative estimate of drug-likeness (QED) is 0.806. The molecule has 1 nitrogen and oxygen atoms in total. The van der Waals surface area contributed by atoms with Gasteiger partial charge in [0.25, 0.3) is 0 Å². The van der Waals surface area contributed by atoms with E-state index >= 15 is 0 Å². The van der Waals surface area contributed by atoms with Crippen LogP contribution in [0.5, 0.6) is 0 Å². The summed E-state index contributed by atoms with van der Waals surface area (Å²) in [5, 5.41) is 4.32. The Morgan fingerprint density at radius 1 is 1.33 bits per heavy atom. The largest absolute Gasteiger partial charge is 0.306 e. The van der Waals surface area contributed by atoms with Gasteiger partial charge in [0.15, 0.2) is 0 Å². The zero-order valence-electron chi connectivity index (χ0n) is 10.3. The van der Waals surface area contributed by atoms with Crippen LogP contribution in [0.4, 0.5) is 0 Å². The van der Waals surface area contributed by atoms with Crippen molar-refractivity contribution in [1.82, 2.24) is 5.32 Å². The predicted molar refractivity (Wildman–Crippen MR) is 83.7 cm³/mol. The Kier molecular flexibility index (Phi) is 4.84. The van der Waals surface area contributed by atoms with Crippen molar-refractivity contribution >= 4 is 38.9 Å². The van der Waals surface area contributed by atoms with Gasteiger partial charge < -0.3 is 5.32 Å². The number of hydrogen-bond donors (Lipinski definition) is 1. The van der Waals surface area contributed by atoms with E-state index in [2.05, 4.69) is 59.4 Å². The fourth-order valence-electron chi connectivity index (χ4n) is 1.92. The van der Waals surface area contributed by atoms with Crippen molar-refractivity contribution in [3.8, 4) is 0 Å². The fourth-order valence-corrected chi connectivity index (χ4v) is 3.78. The van der Waals surface area contributed by atoms with Gasteiger partial charge in [0, 0.05) is 9.90 Å². The van der Waals surface area contributed by atoms with Crippen molar-refractivity contribution in [1.29, 1.82) is 0 Å². The second kappa shape index (κ2) is 6.20. The highest BCUT2D eigenvalue weighted by molar-refractivity contribution is 9.11. The first kappa shape index (κ1) is 14.1. The van der Waals surface area contributed by atoms with E-state index in [4.69, 9.17) is 11.6 Å². The van der Waals surface area contributed by atoms with E-state index in [1.54, 1.807) is 11.3 Å². The molecule has 1 unspecified atom stereocenters. The summed E-state index contributed by atoms with van der Waals surface area (Å²) < 4.78 is 1.14. The zero-order chi connectivity index (χ0) is 13.1. The summed E-state index contributed by atoms with van der Waals surface area (Å²) in [7, 11) is 0. The van der Waals surface area contributed by atoms with Gasteiger partial charge in [-0.25, -0.2) is 0 Å². The maximum absolute atomic E-state index is 6.37. The van der Waals surface area contributed by atoms with Crippen LogP contribution in [-0.4, -0.2) is 6.54 Å². The molecule has 0 aliphatic carbocycles. The lowest BCUT2D eigenvalue weighted by Gasteiger charge is -2.18. The molecule has 0 bridgehead atoms. The van der Waals surface area contributed by atoms with Gasteiger partial charge >= 0.3 is 0 Å². The molecule has 0 saturated heterocycles. The first-order valence-corrected chi connectivity index (χ1v) is 7.85. The molecule has 0 aliphatic heterocycles. The molecule has 0 amide bonds. The zero-order valence-corrected chi connectivity index (χ0v) is 13.5. The highest BCUT2D eigenvalue weighted by Crippen LogP contribution is 2.34. The molecule has 1 aromatic heterocycles. The Hall–Kier alpha value is -0.350. The van der Waals surface area contributed by atoms with Gasteiger partial charge in [-0.05, 0) is 58.7 Å². The van der Waals surface area contributed by atoms with E-state index in [1.165, 1.54) is 10.4 Å². The summed E-state index contributed by atoms with van der Waals surface area (Å²) in [6.07, 6.45) is 0. The molecular weight excluding hydrogens is 330 g/mol. The average Bonchev–Trinajstić information content (AvgIpc) is 2.73. The summed E-state index contributed by atoms with van der Waals surface area (Å²) in [4.78, 5) is 1.27. The fraction of sp³-hybridized carbons (Fsp3) is 0.286. The minimum absolute atomic E-state index is 0.166. The molecule has 0 saturated carbocycles. The highest BCUT2D eigenvalue weighted by atomic mass is 79.9. The third-order valence-electron chi connectivity index (χ3n) is 2.75. The molecule has 4 heteroatoms. The van der Waals surface area contributed by atoms with Crippen LogP contribution in [0.25, 0.3) is 0 Å². The van der Waals surface area contributed by atoms with Gasteiger partial charge in [-0.1, -0.05) is 30.7 Å². The minimum Gasteiger partial charge on any atom is -0.306 e. The van der Waals surface area contributed by atoms with Crippen molar-refractivity contribution in [3.63, 3.8) is 0 Å². The van der Waals surface area contributed by atoms with Crippen LogP contribution in [0, 0.1) is 6.92 Å². The van der Waals surface area contributed by atoms with Gasteiger partial charge in [-0.15, -0.1) is 11.3 Å². The Morgan fingerprint density at radius 2 is 2.11 bits per heavy atom. The number of hydrogen-bond acceptors (Lipinski definition) is 2. The standard InChI is InChI=1S/C14H15BrClNS/c1-3-17-14(12-6-7-13(15)18-12)10-5-4-9(2)8-11(10)16/h4-8,14,17H,3H2,1-2H3. The van der Waals surface area contributed by atoms with E-state index in [0.717, 1.165) is 20.9 Å². The number of benzene rings is 1. The number of aryl methyl sites for hydroxylation is 1. The second-order valence-electron chi connectivity index (χ2n) is 4.16. The molecule has 1 aromatic carbocycles. The van der Waals surface area contributed by atoms with Crippen molar-refractivity contribution < 1.29 is 0 Å². The Labute approximate surface area is 125 Å². The van der Waals surface area contributed by atoms with Crippen LogP contribution in [0.15, 0.2) is 34.1 Å². The first-order valence-electron chi connectivity index (χ1n) is 5.86. The van der Waals surface area contributed by atoms with E-state index in [9.17, 15) is 0 Å². The van der Waals surface area contributed by atoms with Crippen molar-refractivity contribution in [2.24, 2.45) is 0 Å². The van der Waals surface area contributed by atoms with Crippen LogP contribution in [0.3, 0.4) is 0 Å². The first-order chi connectivity index (χ1) is 8.61. The third kappa shape index (κ3) is 3.15. The molecule has 0 radical (unpaired) electrons. The van der Waals surface area contributed by atoms with Gasteiger partial charge in [-0.3, -0.25) is 0 Å². The maximum atomic E-state index is 6.37. The van der Waals surface area contributed by atoms with Gasteiger partial charge in [-0.2, -0.15) is 0 Å². The predicted octanol–water partition coefficient (Wildman–Crippen LogP) is 5.17. The minimum atomic E-state index is 0.166. The smallest absolute Gasteiger partial charge is 0.0702 e. The number of halogens is 2. The summed E-state index contributed by atoms with van der Waals surface area (Å²) in [5.74, 6) is 0. The van der Waals surface area contributed by atoms with Gasteiger partial charge in [0.2, 0.25) is 0 Å². The van der Waals surface area contributed by atoms with Crippen LogP contribution in [0.1, 0.15) is 29.0 Å². The summed E-state index contributed by atoms with van der Waals surface area (Å²) in [6, 6.07) is 10.6. The van der Waals surface area contributed by atoms with E-state index < -0.39 is 0 Å². The van der Waals surface area contributed by atoms with E-state index in [-0.39, 0.29) is 6.04 Å². The monoisotopic (exact) mass is 343 g/mol. The molecule has 96 valence electrons. The Balaban J connectivity index is 2.41. The number of rotatable bonds is 4. The molecule has 1 atom stereocenters. The number of nitrogens with one attached hydrogen (secondary N) is 1. The van der Waals surface area contributed by atoms with Gasteiger partial charge in [0.1, 0.15) is 0 Å².